The monoisotopic (exact) mass is 754 g/mol. The van der Waals surface area contributed by atoms with Gasteiger partial charge in [-0.15, -0.1) is 0 Å². The molecule has 13 rings (SSSR count). The van der Waals surface area contributed by atoms with E-state index in [0.29, 0.717) is 0 Å². The third-order valence-electron chi connectivity index (χ3n) is 14.5. The second-order valence-corrected chi connectivity index (χ2v) is 18.3. The number of nitrogens with one attached hydrogen (secondary N) is 1. The molecule has 0 amide bonds. The number of hydrogen-bond acceptors (Lipinski definition) is 2. The zero-order valence-corrected chi connectivity index (χ0v) is 34.0. The number of fused-ring (bicyclic) bond motifs is 4. The first kappa shape index (κ1) is 33.1. The highest BCUT2D eigenvalue weighted by atomic mass is 15.1. The van der Waals surface area contributed by atoms with Crippen LogP contribution < -0.4 is 10.2 Å². The molecule has 0 atom stereocenters. The van der Waals surface area contributed by atoms with Gasteiger partial charge in [-0.1, -0.05) is 149 Å². The van der Waals surface area contributed by atoms with Crippen molar-refractivity contribution in [1.29, 1.82) is 0 Å². The molecule has 2 heteroatoms. The first-order valence-corrected chi connectivity index (χ1v) is 21.0. The normalized spacial score (nSPS) is 15.2. The molecule has 2 aliphatic rings. The molecule has 0 fully saturated rings. The lowest BCUT2D eigenvalue weighted by molar-refractivity contribution is 0.617. The predicted molar refractivity (Wildman–Crippen MR) is 253 cm³/mol. The van der Waals surface area contributed by atoms with E-state index in [1.807, 2.05) is 0 Å². The highest BCUT2D eigenvalue weighted by Crippen LogP contribution is 2.55. The molecule has 0 bridgehead atoms. The predicted octanol–water partition coefficient (Wildman–Crippen LogP) is 15.6. The molecule has 280 valence electrons. The van der Waals surface area contributed by atoms with E-state index in [-0.39, 0.29) is 10.8 Å². The second-order valence-electron chi connectivity index (χ2n) is 18.3. The highest BCUT2D eigenvalue weighted by molar-refractivity contribution is 6.26. The summed E-state index contributed by atoms with van der Waals surface area (Å²) in [6.07, 6.45) is 0. The van der Waals surface area contributed by atoms with Crippen molar-refractivity contribution < 1.29 is 0 Å². The fourth-order valence-corrected chi connectivity index (χ4v) is 11.4. The highest BCUT2D eigenvalue weighted by Gasteiger charge is 2.40. The molecule has 0 saturated carbocycles. The maximum absolute atomic E-state index is 3.94. The van der Waals surface area contributed by atoms with Crippen molar-refractivity contribution in [2.75, 3.05) is 17.3 Å². The first-order valence-electron chi connectivity index (χ1n) is 21.0. The van der Waals surface area contributed by atoms with Crippen LogP contribution in [0, 0.1) is 0 Å². The van der Waals surface area contributed by atoms with Crippen LogP contribution in [0.4, 0.5) is 22.7 Å². The molecule has 11 aromatic carbocycles. The van der Waals surface area contributed by atoms with E-state index in [1.54, 1.807) is 0 Å². The lowest BCUT2D eigenvalue weighted by Crippen LogP contribution is -2.33. The van der Waals surface area contributed by atoms with Crippen molar-refractivity contribution in [2.24, 2.45) is 0 Å². The van der Waals surface area contributed by atoms with Gasteiger partial charge >= 0.3 is 0 Å². The average Bonchev–Trinajstić information content (AvgIpc) is 3.26. The van der Waals surface area contributed by atoms with Crippen LogP contribution in [0.5, 0.6) is 0 Å². The van der Waals surface area contributed by atoms with Crippen molar-refractivity contribution in [3.63, 3.8) is 0 Å². The van der Waals surface area contributed by atoms with Gasteiger partial charge in [0.2, 0.25) is 0 Å². The summed E-state index contributed by atoms with van der Waals surface area (Å²) < 4.78 is 0. The lowest BCUT2D eigenvalue weighted by atomic mass is 9.69. The van der Waals surface area contributed by atoms with Crippen molar-refractivity contribution >= 4 is 87.4 Å². The molecule has 59 heavy (non-hydrogen) atoms. The van der Waals surface area contributed by atoms with Gasteiger partial charge in [0.1, 0.15) is 0 Å². The van der Waals surface area contributed by atoms with E-state index in [9.17, 15) is 0 Å². The lowest BCUT2D eigenvalue weighted by Gasteiger charge is -2.44. The Morgan fingerprint density at radius 1 is 0.373 bits per heavy atom. The Balaban J connectivity index is 0.915. The molecular formula is C57H42N2. The summed E-state index contributed by atoms with van der Waals surface area (Å²) in [5.74, 6) is 0. The van der Waals surface area contributed by atoms with Crippen LogP contribution in [-0.2, 0) is 10.8 Å². The topological polar surface area (TPSA) is 15.3 Å². The van der Waals surface area contributed by atoms with Gasteiger partial charge in [0, 0.05) is 40.6 Å². The molecule has 0 spiro atoms. The molecule has 1 N–H and O–H groups in total. The molecule has 0 radical (unpaired) electrons. The summed E-state index contributed by atoms with van der Waals surface area (Å²) >= 11 is 0. The van der Waals surface area contributed by atoms with Crippen LogP contribution in [0.2, 0.25) is 0 Å². The summed E-state index contributed by atoms with van der Waals surface area (Å²) in [4.78, 5) is 2.43. The van der Waals surface area contributed by atoms with Crippen LogP contribution in [0.25, 0.3) is 86.9 Å². The van der Waals surface area contributed by atoms with Gasteiger partial charge < -0.3 is 10.2 Å². The zero-order valence-electron chi connectivity index (χ0n) is 34.0. The third kappa shape index (κ3) is 4.31. The van der Waals surface area contributed by atoms with Crippen LogP contribution in [0.3, 0.4) is 0 Å². The molecule has 2 nitrogen and oxygen atoms in total. The van der Waals surface area contributed by atoms with E-state index in [2.05, 4.69) is 203 Å². The van der Waals surface area contributed by atoms with Crippen molar-refractivity contribution in [3.8, 4) is 22.3 Å². The Labute approximate surface area is 344 Å². The molecular weight excluding hydrogens is 713 g/mol. The summed E-state index contributed by atoms with van der Waals surface area (Å²) in [5.41, 5.74) is 14.9. The van der Waals surface area contributed by atoms with Crippen molar-refractivity contribution in [2.45, 2.75) is 38.5 Å². The number of nitrogens with zero attached hydrogens (tertiary/aromatic N) is 1. The van der Waals surface area contributed by atoms with Crippen LogP contribution in [0.1, 0.15) is 49.9 Å². The summed E-state index contributed by atoms with van der Waals surface area (Å²) in [5, 5.41) is 19.8. The summed E-state index contributed by atoms with van der Waals surface area (Å²) in [7, 11) is 2.25. The third-order valence-corrected chi connectivity index (χ3v) is 14.5. The molecule has 0 saturated heterocycles. The van der Waals surface area contributed by atoms with Crippen molar-refractivity contribution in [1.82, 2.24) is 0 Å². The van der Waals surface area contributed by atoms with Crippen LogP contribution in [-0.4, -0.2) is 7.05 Å². The van der Waals surface area contributed by atoms with Crippen LogP contribution >= 0.6 is 0 Å². The van der Waals surface area contributed by atoms with Gasteiger partial charge in [0.25, 0.3) is 0 Å². The Hall–Kier alpha value is -6.90. The number of benzene rings is 11. The second kappa shape index (κ2) is 11.2. The largest absolute Gasteiger partial charge is 0.355 e. The van der Waals surface area contributed by atoms with Gasteiger partial charge in [-0.05, 0) is 146 Å². The Bertz CT molecular complexity index is 3570. The van der Waals surface area contributed by atoms with E-state index in [4.69, 9.17) is 0 Å². The van der Waals surface area contributed by atoms with E-state index in [1.165, 1.54) is 132 Å². The number of hydrogen-bond donors (Lipinski definition) is 1. The first-order chi connectivity index (χ1) is 28.6. The quantitative estimate of drug-likeness (QED) is 0.177. The standard InChI is InChI=1S/C57H42N2/c1-56(2)44-28-38(40-22-16-36-14-12-32-8-6-10-34-18-24-42(40)54(36)52(32)34)20-26-48(44)58-49-30-47-51(31-45(49)56)59(5)50-27-21-39(29-46(50)57(47,3)4)41-23-17-37-15-13-33-9-7-11-35-19-25-43(41)55(37)53(33)35/h6-31,58H,1-5H3. The molecule has 0 unspecified atom stereocenters. The summed E-state index contributed by atoms with van der Waals surface area (Å²) in [6, 6.07) is 60.0. The van der Waals surface area contributed by atoms with E-state index >= 15 is 0 Å². The van der Waals surface area contributed by atoms with Crippen molar-refractivity contribution in [3.05, 3.63) is 180 Å². The van der Waals surface area contributed by atoms with Gasteiger partial charge in [0.05, 0.1) is 0 Å². The molecule has 0 aliphatic carbocycles. The molecule has 11 aromatic rings. The minimum Gasteiger partial charge on any atom is -0.355 e. The Morgan fingerprint density at radius 2 is 0.814 bits per heavy atom. The van der Waals surface area contributed by atoms with E-state index in [0.717, 1.165) is 0 Å². The molecule has 2 aliphatic heterocycles. The van der Waals surface area contributed by atoms with Gasteiger partial charge in [-0.2, -0.15) is 0 Å². The van der Waals surface area contributed by atoms with Gasteiger partial charge in [0.15, 0.2) is 0 Å². The zero-order chi connectivity index (χ0) is 39.5. The van der Waals surface area contributed by atoms with Crippen LogP contribution in [0.15, 0.2) is 158 Å². The smallest absolute Gasteiger partial charge is 0.0454 e. The average molecular weight is 755 g/mol. The summed E-state index contributed by atoms with van der Waals surface area (Å²) in [6.45, 7) is 9.61. The minimum atomic E-state index is -0.227. The Kier molecular flexibility index (Phi) is 6.28. The Morgan fingerprint density at radius 3 is 1.39 bits per heavy atom. The van der Waals surface area contributed by atoms with E-state index < -0.39 is 0 Å². The minimum absolute atomic E-state index is 0.225. The fourth-order valence-electron chi connectivity index (χ4n) is 11.4. The maximum Gasteiger partial charge on any atom is 0.0454 e. The maximum atomic E-state index is 3.94. The van der Waals surface area contributed by atoms with Gasteiger partial charge in [-0.25, -0.2) is 0 Å². The molecule has 0 aromatic heterocycles. The van der Waals surface area contributed by atoms with Gasteiger partial charge in [-0.3, -0.25) is 0 Å². The SMILES string of the molecule is CN1c2ccc(-c3ccc4ccc5cccc6ccc3c4c56)cc2C(C)(C)c2cc3c(cc21)C(C)(C)c1cc(-c2ccc4ccc5cccc6ccc2c4c56)ccc1N3. The molecule has 2 heterocycles. The number of rotatable bonds is 2. The fraction of sp³-hybridized carbons (Fsp3) is 0.123. The number of anilines is 4.